The first-order valence-electron chi connectivity index (χ1n) is 12.6. The van der Waals surface area contributed by atoms with Gasteiger partial charge < -0.3 is 0 Å². The molecule has 1 fully saturated rings. The maximum absolute atomic E-state index is 12.6. The first kappa shape index (κ1) is 28.9. The molecule has 1 saturated carbocycles. The third-order valence-electron chi connectivity index (χ3n) is 6.32. The van der Waals surface area contributed by atoms with Crippen molar-refractivity contribution in [2.24, 2.45) is 17.8 Å². The summed E-state index contributed by atoms with van der Waals surface area (Å²) in [7, 11) is 0. The molecule has 190 valence electrons. The average Bonchev–Trinajstić information content (AvgIpc) is 2.78. The molecule has 8 heteroatoms. The van der Waals surface area contributed by atoms with Crippen LogP contribution in [0.4, 0.5) is 0 Å². The third kappa shape index (κ3) is 13.9. The Balaban J connectivity index is 2.29. The molecule has 0 aliphatic heterocycles. The Morgan fingerprint density at radius 3 is 1.97 bits per heavy atom. The standard InChI is InChI=1S/C25H42O8/c1-4-5-10-13-21-16-17-22(23(18-21)25(29)33-31-20(3)27)14-11-8-6-7-9-12-15-24(28)32-30-19(2)26/h21-23H,4-18H2,1-3H3. The van der Waals surface area contributed by atoms with Crippen molar-refractivity contribution in [3.8, 4) is 0 Å². The van der Waals surface area contributed by atoms with Gasteiger partial charge in [0.15, 0.2) is 0 Å². The lowest BCUT2D eigenvalue weighted by atomic mass is 9.71. The number of hydrogen-bond acceptors (Lipinski definition) is 8. The Labute approximate surface area is 197 Å². The molecular weight excluding hydrogens is 428 g/mol. The second kappa shape index (κ2) is 17.4. The van der Waals surface area contributed by atoms with Crippen molar-refractivity contribution in [1.82, 2.24) is 0 Å². The van der Waals surface area contributed by atoms with Crippen molar-refractivity contribution in [3.63, 3.8) is 0 Å². The van der Waals surface area contributed by atoms with Gasteiger partial charge in [-0.1, -0.05) is 71.1 Å². The first-order chi connectivity index (χ1) is 15.8. The predicted molar refractivity (Wildman–Crippen MR) is 121 cm³/mol. The maximum atomic E-state index is 12.6. The molecule has 0 radical (unpaired) electrons. The summed E-state index contributed by atoms with van der Waals surface area (Å²) < 4.78 is 0. The molecule has 0 saturated heterocycles. The van der Waals surface area contributed by atoms with E-state index in [0.717, 1.165) is 64.2 Å². The van der Waals surface area contributed by atoms with Crippen LogP contribution in [0.15, 0.2) is 0 Å². The molecule has 1 rings (SSSR count). The zero-order valence-electron chi connectivity index (χ0n) is 20.6. The summed E-state index contributed by atoms with van der Waals surface area (Å²) in [6.07, 6.45) is 14.7. The van der Waals surface area contributed by atoms with Gasteiger partial charge in [-0.3, -0.25) is 0 Å². The van der Waals surface area contributed by atoms with Gasteiger partial charge in [-0.05, 0) is 37.5 Å². The van der Waals surface area contributed by atoms with Crippen LogP contribution in [0.2, 0.25) is 0 Å². The zero-order chi connectivity index (χ0) is 24.5. The van der Waals surface area contributed by atoms with Crippen molar-refractivity contribution >= 4 is 23.9 Å². The summed E-state index contributed by atoms with van der Waals surface area (Å²) in [6.45, 7) is 4.59. The maximum Gasteiger partial charge on any atom is 0.358 e. The number of rotatable bonds is 14. The largest absolute Gasteiger partial charge is 0.358 e. The van der Waals surface area contributed by atoms with Gasteiger partial charge in [0.1, 0.15) is 0 Å². The van der Waals surface area contributed by atoms with Gasteiger partial charge in [-0.25, -0.2) is 38.7 Å². The van der Waals surface area contributed by atoms with E-state index in [1.807, 2.05) is 0 Å². The zero-order valence-corrected chi connectivity index (χ0v) is 20.6. The molecular formula is C25H42O8. The van der Waals surface area contributed by atoms with Crippen LogP contribution in [0.3, 0.4) is 0 Å². The van der Waals surface area contributed by atoms with E-state index in [1.165, 1.54) is 33.1 Å². The molecule has 1 aliphatic rings. The van der Waals surface area contributed by atoms with Crippen molar-refractivity contribution in [2.75, 3.05) is 0 Å². The molecule has 3 atom stereocenters. The SMILES string of the molecule is CCCCCC1CCC(CCCCCCCCC(=O)OOC(C)=O)C(C(=O)OOC(C)=O)C1. The van der Waals surface area contributed by atoms with Crippen molar-refractivity contribution in [1.29, 1.82) is 0 Å². The average molecular weight is 471 g/mol. The van der Waals surface area contributed by atoms with Crippen LogP contribution < -0.4 is 0 Å². The smallest absolute Gasteiger partial charge is 0.248 e. The monoisotopic (exact) mass is 470 g/mol. The van der Waals surface area contributed by atoms with Gasteiger partial charge in [0.25, 0.3) is 0 Å². The normalized spacial score (nSPS) is 20.0. The van der Waals surface area contributed by atoms with Crippen LogP contribution in [0.1, 0.15) is 117 Å². The van der Waals surface area contributed by atoms with Crippen LogP contribution in [-0.2, 0) is 38.7 Å². The molecule has 0 N–H and O–H groups in total. The fourth-order valence-electron chi connectivity index (χ4n) is 4.59. The lowest BCUT2D eigenvalue weighted by Crippen LogP contribution is -2.33. The van der Waals surface area contributed by atoms with Crippen LogP contribution in [-0.4, -0.2) is 23.9 Å². The summed E-state index contributed by atoms with van der Waals surface area (Å²) in [5, 5.41) is 0. The van der Waals surface area contributed by atoms with Gasteiger partial charge in [0.2, 0.25) is 0 Å². The molecule has 0 aromatic carbocycles. The summed E-state index contributed by atoms with van der Waals surface area (Å²) in [4.78, 5) is 63.4. The highest BCUT2D eigenvalue weighted by molar-refractivity contribution is 5.74. The van der Waals surface area contributed by atoms with E-state index in [9.17, 15) is 19.2 Å². The minimum absolute atomic E-state index is 0.201. The molecule has 0 amide bonds. The van der Waals surface area contributed by atoms with Crippen molar-refractivity contribution < 1.29 is 38.7 Å². The highest BCUT2D eigenvalue weighted by Crippen LogP contribution is 2.39. The number of unbranched alkanes of at least 4 members (excludes halogenated alkanes) is 7. The molecule has 0 spiro atoms. The van der Waals surface area contributed by atoms with Crippen LogP contribution in [0.25, 0.3) is 0 Å². The summed E-state index contributed by atoms with van der Waals surface area (Å²) >= 11 is 0. The highest BCUT2D eigenvalue weighted by atomic mass is 17.2. The Morgan fingerprint density at radius 1 is 0.697 bits per heavy atom. The van der Waals surface area contributed by atoms with E-state index < -0.39 is 23.9 Å². The van der Waals surface area contributed by atoms with E-state index >= 15 is 0 Å². The molecule has 0 heterocycles. The molecule has 33 heavy (non-hydrogen) atoms. The number of carbonyl (C=O) groups excluding carboxylic acids is 4. The predicted octanol–water partition coefficient (Wildman–Crippen LogP) is 5.76. The van der Waals surface area contributed by atoms with E-state index in [0.29, 0.717) is 12.3 Å². The molecule has 3 unspecified atom stereocenters. The van der Waals surface area contributed by atoms with Gasteiger partial charge >= 0.3 is 23.9 Å². The third-order valence-corrected chi connectivity index (χ3v) is 6.32. The summed E-state index contributed by atoms with van der Waals surface area (Å²) in [5.74, 6) is -1.59. The highest BCUT2D eigenvalue weighted by Gasteiger charge is 2.36. The molecule has 0 bridgehead atoms. The summed E-state index contributed by atoms with van der Waals surface area (Å²) in [6, 6.07) is 0. The molecule has 0 aromatic heterocycles. The number of hydrogen-bond donors (Lipinski definition) is 0. The van der Waals surface area contributed by atoms with Crippen LogP contribution in [0.5, 0.6) is 0 Å². The first-order valence-corrected chi connectivity index (χ1v) is 12.6. The van der Waals surface area contributed by atoms with E-state index in [1.54, 1.807) is 0 Å². The van der Waals surface area contributed by atoms with Gasteiger partial charge in [-0.15, -0.1) is 0 Å². The lowest BCUT2D eigenvalue weighted by molar-refractivity contribution is -0.262. The fraction of sp³-hybridized carbons (Fsp3) is 0.840. The van der Waals surface area contributed by atoms with E-state index in [2.05, 4.69) is 21.6 Å². The van der Waals surface area contributed by atoms with E-state index in [4.69, 9.17) is 4.89 Å². The van der Waals surface area contributed by atoms with Crippen LogP contribution in [0, 0.1) is 17.8 Å². The Bertz CT molecular complexity index is 603. The second-order valence-corrected chi connectivity index (χ2v) is 9.21. The minimum Gasteiger partial charge on any atom is -0.248 e. The second-order valence-electron chi connectivity index (χ2n) is 9.21. The lowest BCUT2D eigenvalue weighted by Gasteiger charge is -2.34. The Morgan fingerprint density at radius 2 is 1.30 bits per heavy atom. The number of carbonyl (C=O) groups is 4. The van der Waals surface area contributed by atoms with Crippen LogP contribution >= 0.6 is 0 Å². The quantitative estimate of drug-likeness (QED) is 0.179. The van der Waals surface area contributed by atoms with E-state index in [-0.39, 0.29) is 18.3 Å². The van der Waals surface area contributed by atoms with Crippen molar-refractivity contribution in [2.45, 2.75) is 117 Å². The topological polar surface area (TPSA) is 105 Å². The Hall–Kier alpha value is -2.12. The Kier molecular flexibility index (Phi) is 15.2. The summed E-state index contributed by atoms with van der Waals surface area (Å²) in [5.41, 5.74) is 0. The molecule has 0 aromatic rings. The van der Waals surface area contributed by atoms with Gasteiger partial charge in [0.05, 0.1) is 12.3 Å². The minimum atomic E-state index is -0.643. The molecule has 1 aliphatic carbocycles. The van der Waals surface area contributed by atoms with Gasteiger partial charge in [-0.2, -0.15) is 0 Å². The van der Waals surface area contributed by atoms with Gasteiger partial charge in [0, 0.05) is 13.8 Å². The fourth-order valence-corrected chi connectivity index (χ4v) is 4.59. The van der Waals surface area contributed by atoms with Crippen molar-refractivity contribution in [3.05, 3.63) is 0 Å². The molecule has 8 nitrogen and oxygen atoms in total.